The zero-order valence-electron chi connectivity index (χ0n) is 12.0. The molecule has 1 atom stereocenters. The van der Waals surface area contributed by atoms with E-state index in [-0.39, 0.29) is 0 Å². The first kappa shape index (κ1) is 14.0. The third-order valence-electron chi connectivity index (χ3n) is 3.51. The van der Waals surface area contributed by atoms with Gasteiger partial charge in [-0.2, -0.15) is 10.4 Å². The number of aryl methyl sites for hydroxylation is 1. The third kappa shape index (κ3) is 2.94. The van der Waals surface area contributed by atoms with Crippen molar-refractivity contribution in [2.75, 3.05) is 11.9 Å². The van der Waals surface area contributed by atoms with Crippen LogP contribution in [0.1, 0.15) is 35.2 Å². The maximum absolute atomic E-state index is 9.25. The lowest BCUT2D eigenvalue weighted by atomic mass is 10.0. The quantitative estimate of drug-likeness (QED) is 0.923. The summed E-state index contributed by atoms with van der Waals surface area (Å²) < 4.78 is 0. The zero-order chi connectivity index (χ0) is 14.5. The lowest BCUT2D eigenvalue weighted by molar-refractivity contribution is 0.795. The Balaban J connectivity index is 2.12. The molecule has 0 aliphatic heterocycles. The van der Waals surface area contributed by atoms with Crippen LogP contribution in [0.25, 0.3) is 0 Å². The average molecular weight is 266 g/mol. The summed E-state index contributed by atoms with van der Waals surface area (Å²) in [6.07, 6.45) is 0. The molecule has 1 unspecified atom stereocenters. The van der Waals surface area contributed by atoms with E-state index in [1.807, 2.05) is 32.0 Å². The maximum Gasteiger partial charge on any atom is 0.166 e. The van der Waals surface area contributed by atoms with Crippen molar-refractivity contribution < 1.29 is 0 Å². The number of nitrogens with one attached hydrogen (secondary N) is 1. The summed E-state index contributed by atoms with van der Waals surface area (Å²) in [5.41, 5.74) is 3.52. The molecule has 4 nitrogen and oxygen atoms in total. The molecule has 0 aliphatic rings. The SMILES string of the molecule is Cc1nnc(NCC(C)c2ccccc2)c(C#N)c1C. The standard InChI is InChI=1S/C16H18N4/c1-11(14-7-5-4-6-8-14)10-18-16-15(9-17)12(2)13(3)19-20-16/h4-8,11H,10H2,1-3H3,(H,18,20). The van der Waals surface area contributed by atoms with Crippen LogP contribution in [0.5, 0.6) is 0 Å². The fourth-order valence-corrected chi connectivity index (χ4v) is 2.02. The van der Waals surface area contributed by atoms with Gasteiger partial charge >= 0.3 is 0 Å². The van der Waals surface area contributed by atoms with Gasteiger partial charge in [0.05, 0.1) is 5.69 Å². The number of nitriles is 1. The van der Waals surface area contributed by atoms with Crippen LogP contribution < -0.4 is 5.32 Å². The molecule has 0 aliphatic carbocycles. The first-order valence-corrected chi connectivity index (χ1v) is 6.66. The van der Waals surface area contributed by atoms with Crippen molar-refractivity contribution in [2.24, 2.45) is 0 Å². The summed E-state index contributed by atoms with van der Waals surface area (Å²) in [4.78, 5) is 0. The Kier molecular flexibility index (Phi) is 4.31. The van der Waals surface area contributed by atoms with E-state index < -0.39 is 0 Å². The van der Waals surface area contributed by atoms with Crippen molar-refractivity contribution >= 4 is 5.82 Å². The van der Waals surface area contributed by atoms with Crippen LogP contribution in [0.2, 0.25) is 0 Å². The highest BCUT2D eigenvalue weighted by atomic mass is 15.2. The molecule has 1 N–H and O–H groups in total. The molecule has 0 fully saturated rings. The summed E-state index contributed by atoms with van der Waals surface area (Å²) in [5.74, 6) is 0.907. The van der Waals surface area contributed by atoms with E-state index >= 15 is 0 Å². The van der Waals surface area contributed by atoms with Crippen molar-refractivity contribution in [3.8, 4) is 6.07 Å². The zero-order valence-corrected chi connectivity index (χ0v) is 12.0. The molecule has 0 amide bonds. The summed E-state index contributed by atoms with van der Waals surface area (Å²) in [5, 5.41) is 20.6. The monoisotopic (exact) mass is 266 g/mol. The van der Waals surface area contributed by atoms with E-state index in [1.165, 1.54) is 5.56 Å². The molecule has 0 spiro atoms. The van der Waals surface area contributed by atoms with Gasteiger partial charge in [0.2, 0.25) is 0 Å². The normalized spacial score (nSPS) is 11.7. The highest BCUT2D eigenvalue weighted by Crippen LogP contribution is 2.19. The van der Waals surface area contributed by atoms with Gasteiger partial charge in [-0.05, 0) is 30.9 Å². The van der Waals surface area contributed by atoms with Crippen molar-refractivity contribution in [2.45, 2.75) is 26.7 Å². The van der Waals surface area contributed by atoms with Crippen LogP contribution in [0.4, 0.5) is 5.82 Å². The van der Waals surface area contributed by atoms with Gasteiger partial charge in [-0.15, -0.1) is 5.10 Å². The maximum atomic E-state index is 9.25. The second kappa shape index (κ2) is 6.16. The summed E-state index contributed by atoms with van der Waals surface area (Å²) >= 11 is 0. The minimum atomic E-state index is 0.339. The minimum Gasteiger partial charge on any atom is -0.367 e. The largest absolute Gasteiger partial charge is 0.367 e. The van der Waals surface area contributed by atoms with E-state index in [4.69, 9.17) is 0 Å². The Morgan fingerprint density at radius 3 is 2.55 bits per heavy atom. The Morgan fingerprint density at radius 2 is 1.90 bits per heavy atom. The molecule has 0 saturated carbocycles. The topological polar surface area (TPSA) is 61.6 Å². The second-order valence-corrected chi connectivity index (χ2v) is 4.94. The summed E-state index contributed by atoms with van der Waals surface area (Å²) in [6.45, 7) is 6.62. The molecule has 0 saturated heterocycles. The van der Waals surface area contributed by atoms with Crippen LogP contribution in [-0.4, -0.2) is 16.7 Å². The van der Waals surface area contributed by atoms with Crippen molar-refractivity contribution in [3.05, 3.63) is 52.7 Å². The van der Waals surface area contributed by atoms with Gasteiger partial charge in [-0.3, -0.25) is 0 Å². The van der Waals surface area contributed by atoms with Gasteiger partial charge in [0.1, 0.15) is 11.6 Å². The smallest absolute Gasteiger partial charge is 0.166 e. The Morgan fingerprint density at radius 1 is 1.20 bits per heavy atom. The van der Waals surface area contributed by atoms with Crippen LogP contribution in [0.15, 0.2) is 30.3 Å². The van der Waals surface area contributed by atoms with E-state index in [9.17, 15) is 5.26 Å². The van der Waals surface area contributed by atoms with Crippen LogP contribution in [0.3, 0.4) is 0 Å². The lowest BCUT2D eigenvalue weighted by Gasteiger charge is -2.14. The summed E-state index contributed by atoms with van der Waals surface area (Å²) in [6, 6.07) is 12.5. The van der Waals surface area contributed by atoms with E-state index in [0.717, 1.165) is 17.8 Å². The number of anilines is 1. The minimum absolute atomic E-state index is 0.339. The molecule has 2 aromatic rings. The van der Waals surface area contributed by atoms with E-state index in [1.54, 1.807) is 0 Å². The number of aromatic nitrogens is 2. The van der Waals surface area contributed by atoms with Gasteiger partial charge < -0.3 is 5.32 Å². The van der Waals surface area contributed by atoms with Gasteiger partial charge in [0.15, 0.2) is 5.82 Å². The predicted octanol–water partition coefficient (Wildman–Crippen LogP) is 3.18. The number of nitrogens with zero attached hydrogens (tertiary/aromatic N) is 3. The molecule has 0 radical (unpaired) electrons. The van der Waals surface area contributed by atoms with Crippen molar-refractivity contribution in [1.82, 2.24) is 10.2 Å². The van der Waals surface area contributed by atoms with Gasteiger partial charge in [0.25, 0.3) is 0 Å². The van der Waals surface area contributed by atoms with Crippen LogP contribution in [0, 0.1) is 25.2 Å². The van der Waals surface area contributed by atoms with Crippen molar-refractivity contribution in [3.63, 3.8) is 0 Å². The van der Waals surface area contributed by atoms with E-state index in [0.29, 0.717) is 17.3 Å². The molecule has 2 rings (SSSR count). The van der Waals surface area contributed by atoms with Crippen LogP contribution >= 0.6 is 0 Å². The number of benzene rings is 1. The molecule has 102 valence electrons. The summed E-state index contributed by atoms with van der Waals surface area (Å²) in [7, 11) is 0. The first-order chi connectivity index (χ1) is 9.63. The number of rotatable bonds is 4. The van der Waals surface area contributed by atoms with Gasteiger partial charge in [0, 0.05) is 6.54 Å². The average Bonchev–Trinajstić information content (AvgIpc) is 2.49. The molecule has 1 aromatic carbocycles. The molecule has 4 heteroatoms. The molecule has 20 heavy (non-hydrogen) atoms. The molecule has 1 aromatic heterocycles. The Labute approximate surface area is 119 Å². The Hall–Kier alpha value is -2.41. The second-order valence-electron chi connectivity index (χ2n) is 4.94. The van der Waals surface area contributed by atoms with Gasteiger partial charge in [-0.25, -0.2) is 0 Å². The highest BCUT2D eigenvalue weighted by Gasteiger charge is 2.12. The molecular formula is C16H18N4. The fourth-order valence-electron chi connectivity index (χ4n) is 2.02. The fraction of sp³-hybridized carbons (Fsp3) is 0.312. The highest BCUT2D eigenvalue weighted by molar-refractivity contribution is 5.55. The Bertz CT molecular complexity index is 629. The molecule has 1 heterocycles. The third-order valence-corrected chi connectivity index (χ3v) is 3.51. The molecular weight excluding hydrogens is 248 g/mol. The first-order valence-electron chi connectivity index (χ1n) is 6.66. The van der Waals surface area contributed by atoms with Gasteiger partial charge in [-0.1, -0.05) is 37.3 Å². The predicted molar refractivity (Wildman–Crippen MR) is 79.6 cm³/mol. The molecule has 0 bridgehead atoms. The van der Waals surface area contributed by atoms with Crippen molar-refractivity contribution in [1.29, 1.82) is 5.26 Å². The van der Waals surface area contributed by atoms with E-state index in [2.05, 4.69) is 40.6 Å². The van der Waals surface area contributed by atoms with Crippen LogP contribution in [-0.2, 0) is 0 Å². The number of hydrogen-bond donors (Lipinski definition) is 1. The number of hydrogen-bond acceptors (Lipinski definition) is 4. The lowest BCUT2D eigenvalue weighted by Crippen LogP contribution is -2.13.